The van der Waals surface area contributed by atoms with Gasteiger partial charge in [0.25, 0.3) is 0 Å². The SMILES string of the molecule is Cc1cc(C)c(N2CC[N+](c3c(C)cc(C)cc3C)=C2/C(F)=C(\n2cccn2)C(F)(F)F)c(C)c1. The Labute approximate surface area is 202 Å². The van der Waals surface area contributed by atoms with E-state index in [0.29, 0.717) is 29.1 Å². The van der Waals surface area contributed by atoms with Crippen molar-refractivity contribution in [3.63, 3.8) is 0 Å². The first-order valence-electron chi connectivity index (χ1n) is 11.4. The molecule has 0 saturated heterocycles. The van der Waals surface area contributed by atoms with Gasteiger partial charge in [-0.25, -0.2) is 14.2 Å². The monoisotopic (exact) mass is 485 g/mol. The number of hydrogen-bond acceptors (Lipinski definition) is 2. The Morgan fingerprint density at radius 3 is 1.91 bits per heavy atom. The van der Waals surface area contributed by atoms with Crippen LogP contribution in [0.25, 0.3) is 5.70 Å². The predicted octanol–water partition coefficient (Wildman–Crippen LogP) is 6.70. The first kappa shape index (κ1) is 24.7. The highest BCUT2D eigenvalue weighted by Crippen LogP contribution is 2.38. The van der Waals surface area contributed by atoms with E-state index in [1.807, 2.05) is 65.8 Å². The number of rotatable bonds is 4. The van der Waals surface area contributed by atoms with Gasteiger partial charge >= 0.3 is 12.0 Å². The second-order valence-electron chi connectivity index (χ2n) is 9.23. The largest absolute Gasteiger partial charge is 0.436 e. The summed E-state index contributed by atoms with van der Waals surface area (Å²) >= 11 is 0. The van der Waals surface area contributed by atoms with Crippen LogP contribution >= 0.6 is 0 Å². The average molecular weight is 486 g/mol. The molecule has 1 aliphatic rings. The fourth-order valence-corrected chi connectivity index (χ4v) is 5.29. The minimum absolute atomic E-state index is 0.127. The van der Waals surface area contributed by atoms with Gasteiger partial charge in [-0.05, 0) is 69.9 Å². The van der Waals surface area contributed by atoms with Gasteiger partial charge in [0.05, 0.1) is 0 Å². The van der Waals surface area contributed by atoms with E-state index in [9.17, 15) is 13.2 Å². The number of alkyl halides is 3. The lowest BCUT2D eigenvalue weighted by atomic mass is 10.0. The lowest BCUT2D eigenvalue weighted by Crippen LogP contribution is -2.33. The summed E-state index contributed by atoms with van der Waals surface area (Å²) in [6, 6.07) is 9.20. The maximum atomic E-state index is 16.4. The van der Waals surface area contributed by atoms with E-state index in [-0.39, 0.29) is 5.84 Å². The van der Waals surface area contributed by atoms with Crippen molar-refractivity contribution in [3.05, 3.63) is 81.9 Å². The third-order valence-electron chi connectivity index (χ3n) is 6.28. The van der Waals surface area contributed by atoms with Crippen LogP contribution in [0.15, 0.2) is 48.6 Å². The van der Waals surface area contributed by atoms with E-state index >= 15 is 4.39 Å². The highest BCUT2D eigenvalue weighted by atomic mass is 19.4. The molecule has 2 heterocycles. The van der Waals surface area contributed by atoms with Crippen LogP contribution in [0.3, 0.4) is 0 Å². The second-order valence-corrected chi connectivity index (χ2v) is 9.23. The number of benzene rings is 2. The molecular formula is C27H29F4N4+. The fourth-order valence-electron chi connectivity index (χ4n) is 5.29. The molecule has 184 valence electrons. The smallest absolute Gasteiger partial charge is 0.233 e. The maximum Gasteiger partial charge on any atom is 0.436 e. The Morgan fingerprint density at radius 1 is 0.886 bits per heavy atom. The van der Waals surface area contributed by atoms with Crippen molar-refractivity contribution in [2.75, 3.05) is 18.0 Å². The molecular weight excluding hydrogens is 456 g/mol. The molecule has 0 fully saturated rings. The first-order chi connectivity index (χ1) is 16.4. The van der Waals surface area contributed by atoms with Crippen LogP contribution in [0, 0.1) is 41.5 Å². The molecule has 0 aliphatic carbocycles. The van der Waals surface area contributed by atoms with Crippen molar-refractivity contribution < 1.29 is 22.1 Å². The van der Waals surface area contributed by atoms with Gasteiger partial charge in [-0.2, -0.15) is 22.7 Å². The normalized spacial score (nSPS) is 15.2. The lowest BCUT2D eigenvalue weighted by molar-refractivity contribution is -0.429. The minimum Gasteiger partial charge on any atom is -0.233 e. The molecule has 35 heavy (non-hydrogen) atoms. The zero-order valence-electron chi connectivity index (χ0n) is 20.8. The van der Waals surface area contributed by atoms with Crippen molar-refractivity contribution in [1.82, 2.24) is 9.78 Å². The quantitative estimate of drug-likeness (QED) is 0.303. The molecule has 1 aromatic heterocycles. The van der Waals surface area contributed by atoms with Gasteiger partial charge in [0.2, 0.25) is 5.83 Å². The highest BCUT2D eigenvalue weighted by Gasteiger charge is 2.47. The summed E-state index contributed by atoms with van der Waals surface area (Å²) in [4.78, 5) is 1.67. The summed E-state index contributed by atoms with van der Waals surface area (Å²) < 4.78 is 61.4. The molecule has 0 unspecified atom stereocenters. The van der Waals surface area contributed by atoms with E-state index in [1.54, 1.807) is 9.48 Å². The van der Waals surface area contributed by atoms with Crippen LogP contribution in [-0.2, 0) is 0 Å². The number of aryl methyl sites for hydroxylation is 6. The molecule has 3 aromatic rings. The maximum absolute atomic E-state index is 16.4. The van der Waals surface area contributed by atoms with Crippen LogP contribution in [-0.4, -0.2) is 39.5 Å². The Kier molecular flexibility index (Phi) is 6.34. The van der Waals surface area contributed by atoms with Gasteiger partial charge in [0.15, 0.2) is 5.70 Å². The zero-order chi connectivity index (χ0) is 25.7. The molecule has 0 N–H and O–H groups in total. The number of anilines is 1. The van der Waals surface area contributed by atoms with Gasteiger partial charge in [0.1, 0.15) is 24.5 Å². The summed E-state index contributed by atoms with van der Waals surface area (Å²) in [5.74, 6) is -1.49. The number of hydrogen-bond donors (Lipinski definition) is 0. The molecule has 0 atom stereocenters. The molecule has 0 bridgehead atoms. The Balaban J connectivity index is 2.09. The third-order valence-corrected chi connectivity index (χ3v) is 6.28. The van der Waals surface area contributed by atoms with Gasteiger partial charge in [-0.1, -0.05) is 35.4 Å². The number of amidine groups is 1. The first-order valence-corrected chi connectivity index (χ1v) is 11.4. The Morgan fingerprint density at radius 2 is 1.43 bits per heavy atom. The van der Waals surface area contributed by atoms with Gasteiger partial charge < -0.3 is 0 Å². The fraction of sp³-hybridized carbons (Fsp3) is 0.333. The van der Waals surface area contributed by atoms with E-state index in [2.05, 4.69) is 5.10 Å². The molecule has 0 amide bonds. The van der Waals surface area contributed by atoms with Crippen molar-refractivity contribution in [2.24, 2.45) is 0 Å². The molecule has 1 aliphatic heterocycles. The zero-order valence-corrected chi connectivity index (χ0v) is 20.8. The summed E-state index contributed by atoms with van der Waals surface area (Å²) in [5.41, 5.74) is 5.56. The van der Waals surface area contributed by atoms with Crippen LogP contribution in [0.1, 0.15) is 33.4 Å². The van der Waals surface area contributed by atoms with E-state index < -0.39 is 17.7 Å². The van der Waals surface area contributed by atoms with Crippen LogP contribution in [0.4, 0.5) is 28.9 Å². The van der Waals surface area contributed by atoms with E-state index in [0.717, 1.165) is 39.6 Å². The molecule has 8 heteroatoms. The standard InChI is InChI=1S/C27H29F4N4/c1-16-12-18(3)23(19(4)13-16)33-10-11-34(24-20(5)14-17(2)15-21(24)6)26(33)22(28)25(27(29,30)31)35-9-7-8-32-35/h7-9,12-15H,10-11H2,1-6H3/q+1. The van der Waals surface area contributed by atoms with Gasteiger partial charge in [0, 0.05) is 12.4 Å². The molecule has 4 rings (SSSR count). The number of nitrogens with zero attached hydrogens (tertiary/aromatic N) is 4. The highest BCUT2D eigenvalue weighted by molar-refractivity contribution is 6.10. The summed E-state index contributed by atoms with van der Waals surface area (Å²) in [5, 5.41) is 3.71. The van der Waals surface area contributed by atoms with Gasteiger partial charge in [-0.3, -0.25) is 0 Å². The average Bonchev–Trinajstić information content (AvgIpc) is 3.36. The number of halogens is 4. The third kappa shape index (κ3) is 4.49. The van der Waals surface area contributed by atoms with Crippen LogP contribution < -0.4 is 4.90 Å². The topological polar surface area (TPSA) is 24.1 Å². The second kappa shape index (κ2) is 8.98. The predicted molar refractivity (Wildman–Crippen MR) is 131 cm³/mol. The van der Waals surface area contributed by atoms with E-state index in [4.69, 9.17) is 0 Å². The Bertz CT molecular complexity index is 1300. The summed E-state index contributed by atoms with van der Waals surface area (Å²) in [6.45, 7) is 12.2. The van der Waals surface area contributed by atoms with Crippen molar-refractivity contribution >= 4 is 22.9 Å². The molecule has 4 nitrogen and oxygen atoms in total. The lowest BCUT2D eigenvalue weighted by Gasteiger charge is -2.20. The molecule has 0 saturated carbocycles. The van der Waals surface area contributed by atoms with Crippen molar-refractivity contribution in [1.29, 1.82) is 0 Å². The van der Waals surface area contributed by atoms with E-state index in [1.165, 1.54) is 12.3 Å². The molecule has 2 aromatic carbocycles. The summed E-state index contributed by atoms with van der Waals surface area (Å²) in [7, 11) is 0. The van der Waals surface area contributed by atoms with Crippen LogP contribution in [0.5, 0.6) is 0 Å². The number of allylic oxidation sites excluding steroid dienone is 1. The van der Waals surface area contributed by atoms with Crippen molar-refractivity contribution in [2.45, 2.75) is 47.7 Å². The molecule has 0 spiro atoms. The van der Waals surface area contributed by atoms with Crippen LogP contribution in [0.2, 0.25) is 0 Å². The minimum atomic E-state index is -4.96. The summed E-state index contributed by atoms with van der Waals surface area (Å²) in [6.07, 6.45) is -2.65. The Hall–Kier alpha value is -3.42. The molecule has 0 radical (unpaired) electrons. The van der Waals surface area contributed by atoms with Gasteiger partial charge in [-0.15, -0.1) is 0 Å². The van der Waals surface area contributed by atoms with Crippen molar-refractivity contribution in [3.8, 4) is 0 Å². The number of aromatic nitrogens is 2.